The number of benzene rings is 1. The van der Waals surface area contributed by atoms with E-state index in [9.17, 15) is 10.1 Å². The zero-order valence-corrected chi connectivity index (χ0v) is 9.07. The van der Waals surface area contributed by atoms with E-state index in [0.29, 0.717) is 12.5 Å². The van der Waals surface area contributed by atoms with Gasteiger partial charge in [0, 0.05) is 25.7 Å². The van der Waals surface area contributed by atoms with Crippen LogP contribution < -0.4 is 5.32 Å². The number of hydrogen-bond donors (Lipinski definition) is 1. The van der Waals surface area contributed by atoms with Gasteiger partial charge in [-0.1, -0.05) is 17.2 Å². The van der Waals surface area contributed by atoms with Gasteiger partial charge >= 0.3 is 0 Å². The number of rotatable bonds is 4. The number of hydrogen-bond acceptors (Lipinski definition) is 6. The Hall–Kier alpha value is -2.51. The number of non-ortho nitro benzene ring substituents is 1. The summed E-state index contributed by atoms with van der Waals surface area (Å²) in [6.45, 7) is 0.426. The van der Waals surface area contributed by atoms with Crippen molar-refractivity contribution in [3.8, 4) is 0 Å². The van der Waals surface area contributed by atoms with E-state index in [0.717, 1.165) is 5.56 Å². The summed E-state index contributed by atoms with van der Waals surface area (Å²) in [4.78, 5) is 10.2. The Bertz CT molecular complexity index is 538. The maximum atomic E-state index is 10.6. The van der Waals surface area contributed by atoms with E-state index < -0.39 is 4.92 Å². The third kappa shape index (κ3) is 2.54. The zero-order valence-electron chi connectivity index (χ0n) is 9.07. The van der Waals surface area contributed by atoms with E-state index in [1.165, 1.54) is 16.8 Å². The van der Waals surface area contributed by atoms with E-state index >= 15 is 0 Å². The molecule has 8 nitrogen and oxygen atoms in total. The SMILES string of the molecule is Cn1nnnc1NCc1cccc([N+](=O)[O-])c1. The van der Waals surface area contributed by atoms with Crippen LogP contribution in [0.4, 0.5) is 11.6 Å². The van der Waals surface area contributed by atoms with Crippen molar-refractivity contribution in [3.05, 3.63) is 39.9 Å². The van der Waals surface area contributed by atoms with Crippen LogP contribution in [0.3, 0.4) is 0 Å². The first-order valence-corrected chi connectivity index (χ1v) is 4.86. The second kappa shape index (κ2) is 4.56. The summed E-state index contributed by atoms with van der Waals surface area (Å²) < 4.78 is 1.48. The molecule has 17 heavy (non-hydrogen) atoms. The number of nitro groups is 1. The molecule has 0 saturated carbocycles. The molecule has 1 heterocycles. The third-order valence-corrected chi connectivity index (χ3v) is 2.19. The van der Waals surface area contributed by atoms with Crippen molar-refractivity contribution >= 4 is 11.6 Å². The molecule has 0 bridgehead atoms. The number of anilines is 1. The van der Waals surface area contributed by atoms with Gasteiger partial charge in [0.2, 0.25) is 5.95 Å². The normalized spacial score (nSPS) is 10.2. The lowest BCUT2D eigenvalue weighted by molar-refractivity contribution is -0.384. The summed E-state index contributed by atoms with van der Waals surface area (Å²) >= 11 is 0. The van der Waals surface area contributed by atoms with Gasteiger partial charge in [-0.3, -0.25) is 10.1 Å². The van der Waals surface area contributed by atoms with Crippen molar-refractivity contribution < 1.29 is 4.92 Å². The second-order valence-electron chi connectivity index (χ2n) is 3.41. The van der Waals surface area contributed by atoms with E-state index in [4.69, 9.17) is 0 Å². The van der Waals surface area contributed by atoms with Gasteiger partial charge in [0.1, 0.15) is 0 Å². The molecule has 0 atom stereocenters. The predicted molar refractivity (Wildman–Crippen MR) is 59.2 cm³/mol. The smallest absolute Gasteiger partial charge is 0.269 e. The van der Waals surface area contributed by atoms with Crippen molar-refractivity contribution in [1.29, 1.82) is 0 Å². The van der Waals surface area contributed by atoms with Gasteiger partial charge in [-0.25, -0.2) is 4.68 Å². The van der Waals surface area contributed by atoms with Gasteiger partial charge < -0.3 is 5.32 Å². The summed E-state index contributed by atoms with van der Waals surface area (Å²) in [6.07, 6.45) is 0. The molecule has 0 radical (unpaired) electrons. The van der Waals surface area contributed by atoms with Crippen molar-refractivity contribution in [3.63, 3.8) is 0 Å². The molecule has 0 unspecified atom stereocenters. The van der Waals surface area contributed by atoms with E-state index in [1.54, 1.807) is 19.2 Å². The van der Waals surface area contributed by atoms with Gasteiger partial charge in [-0.05, 0) is 16.0 Å². The average molecular weight is 234 g/mol. The van der Waals surface area contributed by atoms with Gasteiger partial charge in [-0.15, -0.1) is 0 Å². The molecule has 0 amide bonds. The minimum Gasteiger partial charge on any atom is -0.349 e. The van der Waals surface area contributed by atoms with Crippen LogP contribution >= 0.6 is 0 Å². The Morgan fingerprint density at radius 3 is 3.00 bits per heavy atom. The topological polar surface area (TPSA) is 98.8 Å². The fourth-order valence-electron chi connectivity index (χ4n) is 1.34. The minimum atomic E-state index is -0.423. The maximum absolute atomic E-state index is 10.6. The van der Waals surface area contributed by atoms with Crippen LogP contribution in [0.5, 0.6) is 0 Å². The van der Waals surface area contributed by atoms with Crippen LogP contribution in [-0.2, 0) is 13.6 Å². The largest absolute Gasteiger partial charge is 0.349 e. The summed E-state index contributed by atoms with van der Waals surface area (Å²) in [5.74, 6) is 0.511. The molecule has 88 valence electrons. The van der Waals surface area contributed by atoms with Crippen LogP contribution in [0.1, 0.15) is 5.56 Å². The number of nitro benzene ring substituents is 1. The molecule has 0 aliphatic heterocycles. The maximum Gasteiger partial charge on any atom is 0.269 e. The molecule has 0 aliphatic rings. The molecule has 1 N–H and O–H groups in total. The highest BCUT2D eigenvalue weighted by atomic mass is 16.6. The van der Waals surface area contributed by atoms with Crippen LogP contribution in [0, 0.1) is 10.1 Å². The molecule has 2 aromatic rings. The first-order chi connectivity index (χ1) is 8.16. The molecule has 0 saturated heterocycles. The van der Waals surface area contributed by atoms with Gasteiger partial charge in [0.15, 0.2) is 0 Å². The van der Waals surface area contributed by atoms with E-state index in [2.05, 4.69) is 20.8 Å². The lowest BCUT2D eigenvalue weighted by atomic mass is 10.2. The first kappa shape index (κ1) is 11.0. The van der Waals surface area contributed by atoms with Crippen LogP contribution in [0.2, 0.25) is 0 Å². The van der Waals surface area contributed by atoms with E-state index in [1.807, 2.05) is 0 Å². The number of aromatic nitrogens is 4. The highest BCUT2D eigenvalue weighted by Gasteiger charge is 2.06. The molecule has 2 rings (SSSR count). The Morgan fingerprint density at radius 1 is 1.53 bits per heavy atom. The van der Waals surface area contributed by atoms with Crippen LogP contribution in [-0.4, -0.2) is 25.1 Å². The zero-order chi connectivity index (χ0) is 12.3. The minimum absolute atomic E-state index is 0.0698. The highest BCUT2D eigenvalue weighted by Crippen LogP contribution is 2.13. The van der Waals surface area contributed by atoms with Crippen molar-refractivity contribution in [2.75, 3.05) is 5.32 Å². The molecule has 0 spiro atoms. The monoisotopic (exact) mass is 234 g/mol. The first-order valence-electron chi connectivity index (χ1n) is 4.86. The summed E-state index contributed by atoms with van der Waals surface area (Å²) in [6, 6.07) is 6.40. The Morgan fingerprint density at radius 2 is 2.35 bits per heavy atom. The molecule has 0 aliphatic carbocycles. The number of tetrazole rings is 1. The second-order valence-corrected chi connectivity index (χ2v) is 3.41. The quantitative estimate of drug-likeness (QED) is 0.618. The summed E-state index contributed by atoms with van der Waals surface area (Å²) in [5.41, 5.74) is 0.864. The lowest BCUT2D eigenvalue weighted by Gasteiger charge is -2.03. The fraction of sp³-hybridized carbons (Fsp3) is 0.222. The Kier molecular flexibility index (Phi) is 2.95. The van der Waals surface area contributed by atoms with E-state index in [-0.39, 0.29) is 5.69 Å². The Balaban J connectivity index is 2.07. The molecule has 1 aromatic carbocycles. The van der Waals surface area contributed by atoms with Gasteiger partial charge in [0.25, 0.3) is 5.69 Å². The molecule has 0 fully saturated rings. The fourth-order valence-corrected chi connectivity index (χ4v) is 1.34. The highest BCUT2D eigenvalue weighted by molar-refractivity contribution is 5.36. The summed E-state index contributed by atoms with van der Waals surface area (Å²) in [5, 5.41) is 24.4. The number of nitrogens with zero attached hydrogens (tertiary/aromatic N) is 5. The van der Waals surface area contributed by atoms with Crippen LogP contribution in [0.25, 0.3) is 0 Å². The van der Waals surface area contributed by atoms with Crippen molar-refractivity contribution in [2.45, 2.75) is 6.54 Å². The van der Waals surface area contributed by atoms with Crippen molar-refractivity contribution in [2.24, 2.45) is 7.05 Å². The third-order valence-electron chi connectivity index (χ3n) is 2.19. The molecular weight excluding hydrogens is 224 g/mol. The van der Waals surface area contributed by atoms with Crippen LogP contribution in [0.15, 0.2) is 24.3 Å². The summed E-state index contributed by atoms with van der Waals surface area (Å²) in [7, 11) is 1.70. The standard InChI is InChI=1S/C9H10N6O2/c1-14-9(11-12-13-14)10-6-7-3-2-4-8(5-7)15(16)17/h2-5H,6H2,1H3,(H,10,11,13). The molecule has 8 heteroatoms. The van der Waals surface area contributed by atoms with Gasteiger partial charge in [-0.2, -0.15) is 0 Å². The predicted octanol–water partition coefficient (Wildman–Crippen LogP) is 0.730. The molecule has 1 aromatic heterocycles. The Labute approximate surface area is 96.4 Å². The average Bonchev–Trinajstić information content (AvgIpc) is 2.72. The van der Waals surface area contributed by atoms with Crippen molar-refractivity contribution in [1.82, 2.24) is 20.2 Å². The van der Waals surface area contributed by atoms with Gasteiger partial charge in [0.05, 0.1) is 4.92 Å². The number of nitrogens with one attached hydrogen (secondary N) is 1. The number of aryl methyl sites for hydroxylation is 1. The lowest BCUT2D eigenvalue weighted by Crippen LogP contribution is -2.05. The molecular formula is C9H10N6O2.